The van der Waals surface area contributed by atoms with Crippen LogP contribution in [0.25, 0.3) is 0 Å². The number of hydrogen-bond acceptors (Lipinski definition) is 6. The maximum atomic E-state index is 13.3. The van der Waals surface area contributed by atoms with Crippen molar-refractivity contribution >= 4 is 34.6 Å². The van der Waals surface area contributed by atoms with Crippen LogP contribution < -0.4 is 10.6 Å². The Morgan fingerprint density at radius 1 is 0.974 bits per heavy atom. The van der Waals surface area contributed by atoms with E-state index in [4.69, 9.17) is 4.52 Å². The molecule has 0 bridgehead atoms. The number of quaternary nitrogens is 1. The molecule has 39 heavy (non-hydrogen) atoms. The minimum atomic E-state index is -0.153. The zero-order valence-corrected chi connectivity index (χ0v) is 25.3. The number of nitrogens with one attached hydrogen (secondary N) is 2. The SMILES string of the molecule is CCCC.CCCCCCNC(=O)c1scc(C)c1NC(=O)C[N+]1(CC(=O)Cc2ccon2)CCCCCC1. The number of nitrogens with zero attached hydrogens (tertiary/aromatic N) is 2. The van der Waals surface area contributed by atoms with Crippen molar-refractivity contribution in [3.8, 4) is 0 Å². The summed E-state index contributed by atoms with van der Waals surface area (Å²) < 4.78 is 5.30. The van der Waals surface area contributed by atoms with Crippen molar-refractivity contribution in [3.05, 3.63) is 33.8 Å². The fourth-order valence-corrected chi connectivity index (χ4v) is 5.70. The van der Waals surface area contributed by atoms with Crippen molar-refractivity contribution in [2.75, 3.05) is 38.0 Å². The zero-order chi connectivity index (χ0) is 28.5. The van der Waals surface area contributed by atoms with Crippen LogP contribution in [0, 0.1) is 6.92 Å². The second kappa shape index (κ2) is 17.9. The summed E-state index contributed by atoms with van der Waals surface area (Å²) in [6, 6.07) is 1.70. The predicted molar refractivity (Wildman–Crippen MR) is 158 cm³/mol. The van der Waals surface area contributed by atoms with Crippen LogP contribution in [0.1, 0.15) is 106 Å². The van der Waals surface area contributed by atoms with E-state index in [0.29, 0.717) is 33.8 Å². The highest BCUT2D eigenvalue weighted by Crippen LogP contribution is 2.28. The van der Waals surface area contributed by atoms with Crippen LogP contribution in [0.4, 0.5) is 5.69 Å². The first-order chi connectivity index (χ1) is 18.8. The molecule has 0 radical (unpaired) electrons. The van der Waals surface area contributed by atoms with Gasteiger partial charge in [0, 0.05) is 12.6 Å². The average molecular weight is 562 g/mol. The van der Waals surface area contributed by atoms with Gasteiger partial charge in [-0.15, -0.1) is 11.3 Å². The number of aromatic nitrogens is 1. The normalized spacial score (nSPS) is 14.6. The smallest absolute Gasteiger partial charge is 0.279 e. The first-order valence-corrected chi connectivity index (χ1v) is 15.6. The lowest BCUT2D eigenvalue weighted by atomic mass is 10.1. The predicted octanol–water partition coefficient (Wildman–Crippen LogP) is 6.30. The third-order valence-corrected chi connectivity index (χ3v) is 8.23. The van der Waals surface area contributed by atoms with E-state index in [2.05, 4.69) is 36.6 Å². The molecule has 0 aromatic carbocycles. The largest absolute Gasteiger partial charge is 0.364 e. The summed E-state index contributed by atoms with van der Waals surface area (Å²) in [6.45, 7) is 11.2. The highest BCUT2D eigenvalue weighted by atomic mass is 32.1. The zero-order valence-electron chi connectivity index (χ0n) is 24.5. The van der Waals surface area contributed by atoms with Gasteiger partial charge in [-0.25, -0.2) is 0 Å². The Morgan fingerprint density at radius 3 is 2.31 bits per heavy atom. The van der Waals surface area contributed by atoms with Crippen LogP contribution in [-0.2, 0) is 16.0 Å². The maximum absolute atomic E-state index is 13.3. The number of hydrogen-bond donors (Lipinski definition) is 2. The van der Waals surface area contributed by atoms with Gasteiger partial charge in [0.25, 0.3) is 11.8 Å². The quantitative estimate of drug-likeness (QED) is 0.208. The summed E-state index contributed by atoms with van der Waals surface area (Å²) in [5.41, 5.74) is 2.09. The van der Waals surface area contributed by atoms with E-state index in [9.17, 15) is 14.4 Å². The second-order valence-corrected chi connectivity index (χ2v) is 11.6. The van der Waals surface area contributed by atoms with Gasteiger partial charge in [-0.1, -0.05) is 58.0 Å². The Morgan fingerprint density at radius 2 is 1.69 bits per heavy atom. The van der Waals surface area contributed by atoms with E-state index in [1.807, 2.05) is 12.3 Å². The lowest BCUT2D eigenvalue weighted by molar-refractivity contribution is -0.912. The lowest BCUT2D eigenvalue weighted by Crippen LogP contribution is -2.55. The first kappa shape index (κ1) is 32.7. The van der Waals surface area contributed by atoms with Crippen LogP contribution in [-0.4, -0.2) is 60.0 Å². The number of amides is 2. The molecule has 3 rings (SSSR count). The summed E-state index contributed by atoms with van der Waals surface area (Å²) in [6.07, 6.45) is 12.9. The number of rotatable bonds is 14. The lowest BCUT2D eigenvalue weighted by Gasteiger charge is -2.36. The third kappa shape index (κ3) is 11.6. The van der Waals surface area contributed by atoms with Gasteiger partial charge in [-0.2, -0.15) is 0 Å². The number of aryl methyl sites for hydroxylation is 1. The molecular formula is C30H49N4O4S+. The molecule has 0 unspecified atom stereocenters. The molecule has 0 aliphatic carbocycles. The Balaban J connectivity index is 0.00000124. The van der Waals surface area contributed by atoms with Crippen molar-refractivity contribution in [1.82, 2.24) is 10.5 Å². The molecule has 9 heteroatoms. The van der Waals surface area contributed by atoms with Crippen LogP contribution in [0.3, 0.4) is 0 Å². The summed E-state index contributed by atoms with van der Waals surface area (Å²) in [4.78, 5) is 39.5. The van der Waals surface area contributed by atoms with Gasteiger partial charge in [0.15, 0.2) is 12.3 Å². The number of unbranched alkanes of at least 4 members (excludes halogenated alkanes) is 4. The molecular weight excluding hydrogens is 512 g/mol. The summed E-state index contributed by atoms with van der Waals surface area (Å²) in [5, 5.41) is 11.8. The number of Topliss-reactive ketones (excluding diaryl/α,β-unsaturated/α-hetero) is 1. The average Bonchev–Trinajstić information content (AvgIpc) is 3.48. The van der Waals surface area contributed by atoms with Gasteiger partial charge in [0.2, 0.25) is 0 Å². The highest BCUT2D eigenvalue weighted by molar-refractivity contribution is 7.13. The molecule has 0 atom stereocenters. The van der Waals surface area contributed by atoms with Gasteiger partial charge < -0.3 is 19.6 Å². The van der Waals surface area contributed by atoms with E-state index in [-0.39, 0.29) is 30.6 Å². The number of carbonyl (C=O) groups is 3. The Kier molecular flexibility index (Phi) is 15.0. The van der Waals surface area contributed by atoms with E-state index < -0.39 is 0 Å². The standard InChI is InChI=1S/C26H38N4O4S.C4H10/c1-3-4-5-8-12-27-26(33)25-24(20(2)19-35-25)28-23(32)18-30(13-9-6-7-10-14-30)17-22(31)16-21-11-15-34-29-21;1-3-4-2/h11,15,19H,3-10,12-14,16-18H2,1-2H3,(H-,27,28,32,33);3-4H2,1-2H3/p+1. The minimum absolute atomic E-state index is 0.0588. The molecule has 1 saturated heterocycles. The van der Waals surface area contributed by atoms with Crippen LogP contribution in [0.2, 0.25) is 0 Å². The number of thiophene rings is 1. The fraction of sp³-hybridized carbons (Fsp3) is 0.667. The van der Waals surface area contributed by atoms with Gasteiger partial charge >= 0.3 is 0 Å². The van der Waals surface area contributed by atoms with Crippen molar-refractivity contribution in [2.24, 2.45) is 0 Å². The number of carbonyl (C=O) groups excluding carboxylic acids is 3. The van der Waals surface area contributed by atoms with E-state index in [0.717, 1.165) is 70.0 Å². The molecule has 2 N–H and O–H groups in total. The molecule has 0 spiro atoms. The summed E-state index contributed by atoms with van der Waals surface area (Å²) in [5.74, 6) is -0.237. The molecule has 1 aliphatic rings. The molecule has 2 aromatic rings. The van der Waals surface area contributed by atoms with Crippen molar-refractivity contribution in [3.63, 3.8) is 0 Å². The Labute approximate surface area is 238 Å². The van der Waals surface area contributed by atoms with Gasteiger partial charge in [-0.05, 0) is 50.0 Å². The molecule has 1 aliphatic heterocycles. The third-order valence-electron chi connectivity index (χ3n) is 7.14. The van der Waals surface area contributed by atoms with Gasteiger partial charge in [-0.3, -0.25) is 14.4 Å². The van der Waals surface area contributed by atoms with Crippen molar-refractivity contribution in [1.29, 1.82) is 0 Å². The van der Waals surface area contributed by atoms with Crippen LogP contribution in [0.5, 0.6) is 0 Å². The topological polar surface area (TPSA) is 101 Å². The van der Waals surface area contributed by atoms with E-state index in [1.165, 1.54) is 30.4 Å². The molecule has 3 heterocycles. The van der Waals surface area contributed by atoms with Crippen molar-refractivity contribution in [2.45, 2.75) is 98.3 Å². The molecule has 218 valence electrons. The minimum Gasteiger partial charge on any atom is -0.364 e. The molecule has 2 amide bonds. The molecule has 2 aromatic heterocycles. The van der Waals surface area contributed by atoms with Gasteiger partial charge in [0.05, 0.1) is 30.9 Å². The summed E-state index contributed by atoms with van der Waals surface area (Å²) >= 11 is 1.35. The Bertz CT molecular complexity index is 993. The Hall–Kier alpha value is -2.52. The van der Waals surface area contributed by atoms with E-state index in [1.54, 1.807) is 6.07 Å². The molecule has 1 fully saturated rings. The van der Waals surface area contributed by atoms with Crippen molar-refractivity contribution < 1.29 is 23.4 Å². The summed E-state index contributed by atoms with van der Waals surface area (Å²) in [7, 11) is 0. The van der Waals surface area contributed by atoms with Crippen LogP contribution >= 0.6 is 11.3 Å². The second-order valence-electron chi connectivity index (χ2n) is 10.7. The van der Waals surface area contributed by atoms with Gasteiger partial charge in [0.1, 0.15) is 17.7 Å². The maximum Gasteiger partial charge on any atom is 0.279 e. The van der Waals surface area contributed by atoms with E-state index >= 15 is 0 Å². The number of likely N-dealkylation sites (tertiary alicyclic amines) is 1. The number of ketones is 1. The molecule has 0 saturated carbocycles. The van der Waals surface area contributed by atoms with Crippen LogP contribution in [0.15, 0.2) is 22.2 Å². The number of anilines is 1. The fourth-order valence-electron chi connectivity index (χ4n) is 4.78. The highest BCUT2D eigenvalue weighted by Gasteiger charge is 2.34. The first-order valence-electron chi connectivity index (χ1n) is 14.8. The molecule has 8 nitrogen and oxygen atoms in total. The monoisotopic (exact) mass is 561 g/mol.